The lowest BCUT2D eigenvalue weighted by Gasteiger charge is -1.88. The number of para-hydroxylation sites is 1. The Morgan fingerprint density at radius 2 is 2.08 bits per heavy atom. The van der Waals surface area contributed by atoms with Crippen LogP contribution >= 0.6 is 0 Å². The van der Waals surface area contributed by atoms with Gasteiger partial charge >= 0.3 is 0 Å². The normalized spacial score (nSPS) is 10.3. The number of benzene rings is 1. The van der Waals surface area contributed by atoms with Crippen LogP contribution in [0.5, 0.6) is 0 Å². The molecule has 0 saturated carbocycles. The topological polar surface area (TPSA) is 65.7 Å². The molecule has 0 aliphatic rings. The summed E-state index contributed by atoms with van der Waals surface area (Å²) in [7, 11) is 0. The first-order chi connectivity index (χ1) is 5.77. The van der Waals surface area contributed by atoms with Crippen molar-refractivity contribution in [2.75, 3.05) is 0 Å². The predicted molar refractivity (Wildman–Crippen MR) is 49.3 cm³/mol. The Balaban J connectivity index is 2.70. The quantitative estimate of drug-likeness (QED) is 0.428. The number of nitrogens with two attached hydrogens (primary N) is 1. The Bertz CT molecular complexity index is 395. The maximum atomic E-state index is 7.21. The summed E-state index contributed by atoms with van der Waals surface area (Å²) in [5, 5.41) is 8.30. The van der Waals surface area contributed by atoms with Gasteiger partial charge in [0.15, 0.2) is 0 Å². The molecule has 0 fully saturated rings. The van der Waals surface area contributed by atoms with E-state index >= 15 is 0 Å². The van der Waals surface area contributed by atoms with Crippen molar-refractivity contribution in [3.05, 3.63) is 36.0 Å². The molecule has 0 aliphatic heterocycles. The molecule has 12 heavy (non-hydrogen) atoms. The summed E-state index contributed by atoms with van der Waals surface area (Å²) >= 11 is 0. The molecule has 0 radical (unpaired) electrons. The number of hydrogen-bond acceptors (Lipinski definition) is 1. The van der Waals surface area contributed by atoms with E-state index in [1.807, 2.05) is 30.3 Å². The maximum Gasteiger partial charge on any atom is 0.139 e. The summed E-state index contributed by atoms with van der Waals surface area (Å²) in [6, 6.07) is 9.72. The molecule has 2 aromatic rings. The van der Waals surface area contributed by atoms with Crippen molar-refractivity contribution >= 4 is 16.7 Å². The van der Waals surface area contributed by atoms with Crippen LogP contribution in [0, 0.1) is 5.41 Å². The highest BCUT2D eigenvalue weighted by Crippen LogP contribution is 2.13. The van der Waals surface area contributed by atoms with Crippen LogP contribution in [0.25, 0.3) is 10.9 Å². The largest absolute Gasteiger partial charge is 0.382 e. The summed E-state index contributed by atoms with van der Waals surface area (Å²) in [5.41, 5.74) is 7.02. The summed E-state index contributed by atoms with van der Waals surface area (Å²) in [6.45, 7) is 0. The van der Waals surface area contributed by atoms with Crippen LogP contribution in [-0.4, -0.2) is 10.8 Å². The second kappa shape index (κ2) is 2.37. The zero-order valence-electron chi connectivity index (χ0n) is 6.46. The van der Waals surface area contributed by atoms with Crippen LogP contribution in [0.1, 0.15) is 5.69 Å². The van der Waals surface area contributed by atoms with Crippen molar-refractivity contribution < 1.29 is 0 Å². The number of nitrogens with one attached hydrogen (secondary N) is 2. The fraction of sp³-hybridized carbons (Fsp3) is 0. The van der Waals surface area contributed by atoms with Gasteiger partial charge in [-0.2, -0.15) is 0 Å². The Kier molecular flexibility index (Phi) is 1.37. The minimum absolute atomic E-state index is 0.0752. The number of nitrogen functional groups attached to an aromatic ring is 1. The van der Waals surface area contributed by atoms with Gasteiger partial charge in [-0.25, -0.2) is 0 Å². The lowest BCUT2D eigenvalue weighted by molar-refractivity contribution is 1.34. The zero-order valence-corrected chi connectivity index (χ0v) is 6.46. The van der Waals surface area contributed by atoms with Gasteiger partial charge in [-0.1, -0.05) is 18.2 Å². The molecule has 4 N–H and O–H groups in total. The molecule has 0 atom stereocenters. The maximum absolute atomic E-state index is 7.21. The van der Waals surface area contributed by atoms with E-state index in [0.29, 0.717) is 5.69 Å². The van der Waals surface area contributed by atoms with E-state index in [0.717, 1.165) is 10.9 Å². The molecule has 0 unspecified atom stereocenters. The first-order valence-corrected chi connectivity index (χ1v) is 3.69. The third kappa shape index (κ3) is 0.955. The van der Waals surface area contributed by atoms with E-state index in [1.54, 1.807) is 0 Å². The van der Waals surface area contributed by atoms with Gasteiger partial charge in [-0.15, -0.1) is 0 Å². The van der Waals surface area contributed by atoms with Crippen molar-refractivity contribution in [3.63, 3.8) is 0 Å². The van der Waals surface area contributed by atoms with E-state index in [1.165, 1.54) is 0 Å². The molecule has 1 heterocycles. The molecule has 3 nitrogen and oxygen atoms in total. The van der Waals surface area contributed by atoms with E-state index in [2.05, 4.69) is 4.98 Å². The van der Waals surface area contributed by atoms with Gasteiger partial charge in [-0.3, -0.25) is 5.41 Å². The highest BCUT2D eigenvalue weighted by Gasteiger charge is 2.00. The Morgan fingerprint density at radius 1 is 1.33 bits per heavy atom. The number of amidine groups is 1. The molecular formula is C9H9N3. The fourth-order valence-electron chi connectivity index (χ4n) is 1.22. The van der Waals surface area contributed by atoms with Crippen LogP contribution < -0.4 is 5.73 Å². The molecule has 1 aromatic heterocycles. The highest BCUT2D eigenvalue weighted by molar-refractivity contribution is 5.98. The van der Waals surface area contributed by atoms with Crippen LogP contribution in [0.15, 0.2) is 30.3 Å². The predicted octanol–water partition coefficient (Wildman–Crippen LogP) is 1.45. The molecule has 2 rings (SSSR count). The van der Waals surface area contributed by atoms with Gasteiger partial charge in [0.1, 0.15) is 5.84 Å². The highest BCUT2D eigenvalue weighted by atomic mass is 14.8. The van der Waals surface area contributed by atoms with Crippen molar-refractivity contribution in [3.8, 4) is 0 Å². The SMILES string of the molecule is N=C(N)c1cc2ccccc2[nH]1. The number of hydrogen-bond donors (Lipinski definition) is 3. The molecule has 0 saturated heterocycles. The van der Waals surface area contributed by atoms with Crippen LogP contribution in [-0.2, 0) is 0 Å². The average molecular weight is 159 g/mol. The average Bonchev–Trinajstić information content (AvgIpc) is 2.46. The van der Waals surface area contributed by atoms with Gasteiger partial charge in [-0.05, 0) is 12.1 Å². The van der Waals surface area contributed by atoms with Crippen LogP contribution in [0.4, 0.5) is 0 Å². The second-order valence-corrected chi connectivity index (χ2v) is 2.68. The standard InChI is InChI=1S/C9H9N3/c10-9(11)8-5-6-3-1-2-4-7(6)12-8/h1-5,12H,(H3,10,11). The van der Waals surface area contributed by atoms with E-state index in [9.17, 15) is 0 Å². The van der Waals surface area contributed by atoms with Crippen LogP contribution in [0.2, 0.25) is 0 Å². The number of aromatic nitrogens is 1. The number of aromatic amines is 1. The van der Waals surface area contributed by atoms with E-state index in [-0.39, 0.29) is 5.84 Å². The molecule has 60 valence electrons. The summed E-state index contributed by atoms with van der Waals surface area (Å²) in [4.78, 5) is 3.05. The van der Waals surface area contributed by atoms with Gasteiger partial charge in [0.2, 0.25) is 0 Å². The molecule has 3 heteroatoms. The lowest BCUT2D eigenvalue weighted by Crippen LogP contribution is -2.10. The molecule has 1 aromatic carbocycles. The minimum Gasteiger partial charge on any atom is -0.382 e. The Morgan fingerprint density at radius 3 is 2.75 bits per heavy atom. The van der Waals surface area contributed by atoms with E-state index < -0.39 is 0 Å². The molecule has 0 bridgehead atoms. The Labute approximate surface area is 69.7 Å². The molecule has 0 spiro atoms. The minimum atomic E-state index is 0.0752. The number of fused-ring (bicyclic) bond motifs is 1. The lowest BCUT2D eigenvalue weighted by atomic mass is 10.2. The zero-order chi connectivity index (χ0) is 8.55. The third-order valence-corrected chi connectivity index (χ3v) is 1.82. The smallest absolute Gasteiger partial charge is 0.139 e. The monoisotopic (exact) mass is 159 g/mol. The van der Waals surface area contributed by atoms with Crippen molar-refractivity contribution in [1.29, 1.82) is 5.41 Å². The summed E-state index contributed by atoms with van der Waals surface area (Å²) in [5.74, 6) is 0.0752. The van der Waals surface area contributed by atoms with Gasteiger partial charge in [0, 0.05) is 10.9 Å². The van der Waals surface area contributed by atoms with E-state index in [4.69, 9.17) is 11.1 Å². The van der Waals surface area contributed by atoms with Crippen LogP contribution in [0.3, 0.4) is 0 Å². The fourth-order valence-corrected chi connectivity index (χ4v) is 1.22. The first-order valence-electron chi connectivity index (χ1n) is 3.69. The Hall–Kier alpha value is -1.77. The molecule has 0 amide bonds. The number of H-pyrrole nitrogens is 1. The third-order valence-electron chi connectivity index (χ3n) is 1.82. The summed E-state index contributed by atoms with van der Waals surface area (Å²) < 4.78 is 0. The summed E-state index contributed by atoms with van der Waals surface area (Å²) in [6.07, 6.45) is 0. The molecule has 0 aliphatic carbocycles. The first kappa shape index (κ1) is 6.91. The van der Waals surface area contributed by atoms with Gasteiger partial charge in [0.25, 0.3) is 0 Å². The van der Waals surface area contributed by atoms with Crippen molar-refractivity contribution in [2.45, 2.75) is 0 Å². The van der Waals surface area contributed by atoms with Gasteiger partial charge < -0.3 is 10.7 Å². The molecular weight excluding hydrogens is 150 g/mol. The second-order valence-electron chi connectivity index (χ2n) is 2.68. The van der Waals surface area contributed by atoms with Crippen molar-refractivity contribution in [1.82, 2.24) is 4.98 Å². The number of rotatable bonds is 1. The van der Waals surface area contributed by atoms with Gasteiger partial charge in [0.05, 0.1) is 5.69 Å². The van der Waals surface area contributed by atoms with Crippen molar-refractivity contribution in [2.24, 2.45) is 5.73 Å².